The Kier molecular flexibility index (Phi) is 3.27. The van der Waals surface area contributed by atoms with Crippen molar-refractivity contribution in [3.63, 3.8) is 0 Å². The molecule has 2 heterocycles. The van der Waals surface area contributed by atoms with E-state index >= 15 is 0 Å². The predicted molar refractivity (Wildman–Crippen MR) is 78.6 cm³/mol. The van der Waals surface area contributed by atoms with Crippen LogP contribution in [0.5, 0.6) is 0 Å². The molecule has 0 aliphatic heterocycles. The maximum Gasteiger partial charge on any atom is 0.270 e. The third-order valence-electron chi connectivity index (χ3n) is 3.10. The molecule has 3 aromatic rings. The van der Waals surface area contributed by atoms with Crippen LogP contribution < -0.4 is 11.1 Å². The summed E-state index contributed by atoms with van der Waals surface area (Å²) < 4.78 is 5.03. The lowest BCUT2D eigenvalue weighted by atomic mass is 10.1. The number of carbonyl (C=O) groups excluding carboxylic acids is 1. The van der Waals surface area contributed by atoms with Gasteiger partial charge in [0.2, 0.25) is 0 Å². The van der Waals surface area contributed by atoms with Crippen LogP contribution in [0.4, 0.5) is 5.82 Å². The molecule has 0 unspecified atom stereocenters. The van der Waals surface area contributed by atoms with E-state index in [0.717, 1.165) is 16.5 Å². The molecule has 0 atom stereocenters. The van der Waals surface area contributed by atoms with Gasteiger partial charge in [0, 0.05) is 11.5 Å². The van der Waals surface area contributed by atoms with Crippen molar-refractivity contribution in [2.75, 3.05) is 5.73 Å². The normalized spacial score (nSPS) is 10.7. The highest BCUT2D eigenvalue weighted by atomic mass is 16.5. The minimum absolute atomic E-state index is 0.258. The lowest BCUT2D eigenvalue weighted by molar-refractivity contribution is 0.0942. The SMILES string of the molecule is Cc1cc(CNC(=O)c2cc3ccccc3c(N)n2)on1. The molecule has 0 bridgehead atoms. The van der Waals surface area contributed by atoms with Crippen LogP contribution in [0.25, 0.3) is 10.8 Å². The summed E-state index contributed by atoms with van der Waals surface area (Å²) in [5.74, 6) is 0.630. The molecule has 0 saturated heterocycles. The molecule has 3 rings (SSSR count). The number of nitrogen functional groups attached to an aromatic ring is 1. The van der Waals surface area contributed by atoms with Gasteiger partial charge in [-0.2, -0.15) is 0 Å². The quantitative estimate of drug-likeness (QED) is 0.766. The molecule has 1 aromatic carbocycles. The minimum atomic E-state index is -0.304. The third-order valence-corrected chi connectivity index (χ3v) is 3.10. The van der Waals surface area contributed by atoms with Gasteiger partial charge in [-0.3, -0.25) is 4.79 Å². The number of benzene rings is 1. The molecule has 0 radical (unpaired) electrons. The zero-order chi connectivity index (χ0) is 14.8. The number of hydrogen-bond acceptors (Lipinski definition) is 5. The fraction of sp³-hybridized carbons (Fsp3) is 0.133. The maximum absolute atomic E-state index is 12.1. The minimum Gasteiger partial charge on any atom is -0.383 e. The average Bonchev–Trinajstić information content (AvgIpc) is 2.90. The first-order valence-corrected chi connectivity index (χ1v) is 6.49. The number of nitrogens with two attached hydrogens (primary N) is 1. The molecule has 0 aliphatic carbocycles. The first-order valence-electron chi connectivity index (χ1n) is 6.49. The maximum atomic E-state index is 12.1. The highest BCUT2D eigenvalue weighted by molar-refractivity contribution is 5.99. The molecular weight excluding hydrogens is 268 g/mol. The number of aryl methyl sites for hydroxylation is 1. The first-order chi connectivity index (χ1) is 10.1. The monoisotopic (exact) mass is 282 g/mol. The second kappa shape index (κ2) is 5.24. The molecule has 0 aliphatic rings. The Hall–Kier alpha value is -2.89. The van der Waals surface area contributed by atoms with Crippen molar-refractivity contribution < 1.29 is 9.32 Å². The van der Waals surface area contributed by atoms with Crippen LogP contribution in [-0.4, -0.2) is 16.0 Å². The van der Waals surface area contributed by atoms with Crippen LogP contribution in [0.15, 0.2) is 40.9 Å². The molecule has 0 saturated carbocycles. The van der Waals surface area contributed by atoms with E-state index in [1.165, 1.54) is 0 Å². The molecule has 2 aromatic heterocycles. The standard InChI is InChI=1S/C15H14N4O2/c1-9-6-11(21-19-9)8-17-15(20)13-7-10-4-2-3-5-12(10)14(16)18-13/h2-7H,8H2,1H3,(H2,16,18)(H,17,20). The number of carbonyl (C=O) groups is 1. The van der Waals surface area contributed by atoms with E-state index in [-0.39, 0.29) is 18.1 Å². The number of fused-ring (bicyclic) bond motifs is 1. The Bertz CT molecular complexity index is 810. The van der Waals surface area contributed by atoms with E-state index in [2.05, 4.69) is 15.5 Å². The fourth-order valence-corrected chi connectivity index (χ4v) is 2.10. The Morgan fingerprint density at radius 1 is 1.33 bits per heavy atom. The van der Waals surface area contributed by atoms with Gasteiger partial charge in [0.25, 0.3) is 5.91 Å². The van der Waals surface area contributed by atoms with Crippen molar-refractivity contribution in [1.29, 1.82) is 0 Å². The Morgan fingerprint density at radius 2 is 2.14 bits per heavy atom. The zero-order valence-electron chi connectivity index (χ0n) is 11.5. The second-order valence-electron chi connectivity index (χ2n) is 4.73. The Morgan fingerprint density at radius 3 is 2.90 bits per heavy atom. The number of nitrogens with one attached hydrogen (secondary N) is 1. The van der Waals surface area contributed by atoms with Gasteiger partial charge in [-0.15, -0.1) is 0 Å². The van der Waals surface area contributed by atoms with Gasteiger partial charge in [0.05, 0.1) is 12.2 Å². The van der Waals surface area contributed by atoms with Gasteiger partial charge in [-0.05, 0) is 18.4 Å². The number of aromatic nitrogens is 2. The van der Waals surface area contributed by atoms with Crippen LogP contribution in [0.3, 0.4) is 0 Å². The zero-order valence-corrected chi connectivity index (χ0v) is 11.5. The molecule has 0 spiro atoms. The topological polar surface area (TPSA) is 94.0 Å². The molecule has 1 amide bonds. The lowest BCUT2D eigenvalue weighted by Crippen LogP contribution is -2.23. The van der Waals surface area contributed by atoms with E-state index < -0.39 is 0 Å². The van der Waals surface area contributed by atoms with Crippen LogP contribution in [0, 0.1) is 6.92 Å². The summed E-state index contributed by atoms with van der Waals surface area (Å²) in [6.45, 7) is 2.08. The van der Waals surface area contributed by atoms with Crippen molar-refractivity contribution in [2.45, 2.75) is 13.5 Å². The number of rotatable bonds is 3. The summed E-state index contributed by atoms with van der Waals surface area (Å²) >= 11 is 0. The molecule has 3 N–H and O–H groups in total. The van der Waals surface area contributed by atoms with Gasteiger partial charge in [-0.25, -0.2) is 4.98 Å². The van der Waals surface area contributed by atoms with Crippen molar-refractivity contribution in [3.05, 3.63) is 53.5 Å². The first kappa shape index (κ1) is 13.1. The smallest absolute Gasteiger partial charge is 0.270 e. The molecule has 0 fully saturated rings. The summed E-state index contributed by atoms with van der Waals surface area (Å²) in [5.41, 5.74) is 6.94. The predicted octanol–water partition coefficient (Wildman–Crippen LogP) is 2.04. The van der Waals surface area contributed by atoms with Gasteiger partial charge in [-0.1, -0.05) is 29.4 Å². The van der Waals surface area contributed by atoms with E-state index in [0.29, 0.717) is 11.6 Å². The summed E-state index contributed by atoms with van der Waals surface area (Å²) in [5, 5.41) is 8.20. The van der Waals surface area contributed by atoms with Gasteiger partial charge in [0.15, 0.2) is 5.76 Å². The number of nitrogens with zero attached hydrogens (tertiary/aromatic N) is 2. The highest BCUT2D eigenvalue weighted by Crippen LogP contribution is 2.19. The summed E-state index contributed by atoms with van der Waals surface area (Å²) in [6, 6.07) is 11.0. The van der Waals surface area contributed by atoms with Gasteiger partial charge < -0.3 is 15.6 Å². The molecule has 21 heavy (non-hydrogen) atoms. The van der Waals surface area contributed by atoms with Gasteiger partial charge in [0.1, 0.15) is 11.5 Å². The van der Waals surface area contributed by atoms with E-state index in [1.54, 1.807) is 12.1 Å². The van der Waals surface area contributed by atoms with Crippen LogP contribution >= 0.6 is 0 Å². The van der Waals surface area contributed by atoms with Crippen molar-refractivity contribution in [1.82, 2.24) is 15.5 Å². The van der Waals surface area contributed by atoms with Crippen LogP contribution in [0.1, 0.15) is 21.9 Å². The van der Waals surface area contributed by atoms with E-state index in [4.69, 9.17) is 10.3 Å². The lowest BCUT2D eigenvalue weighted by Gasteiger charge is -2.06. The molecule has 6 nitrogen and oxygen atoms in total. The average molecular weight is 282 g/mol. The third kappa shape index (κ3) is 2.69. The highest BCUT2D eigenvalue weighted by Gasteiger charge is 2.11. The van der Waals surface area contributed by atoms with E-state index in [1.807, 2.05) is 31.2 Å². The summed E-state index contributed by atoms with van der Waals surface area (Å²) in [6.07, 6.45) is 0. The van der Waals surface area contributed by atoms with Gasteiger partial charge >= 0.3 is 0 Å². The Balaban J connectivity index is 1.81. The van der Waals surface area contributed by atoms with Crippen molar-refractivity contribution in [2.24, 2.45) is 0 Å². The van der Waals surface area contributed by atoms with Crippen LogP contribution in [0.2, 0.25) is 0 Å². The molecule has 6 heteroatoms. The number of amides is 1. The second-order valence-corrected chi connectivity index (χ2v) is 4.73. The summed E-state index contributed by atoms with van der Waals surface area (Å²) in [4.78, 5) is 16.3. The van der Waals surface area contributed by atoms with Crippen molar-refractivity contribution >= 4 is 22.5 Å². The van der Waals surface area contributed by atoms with E-state index in [9.17, 15) is 4.79 Å². The van der Waals surface area contributed by atoms with Crippen molar-refractivity contribution in [3.8, 4) is 0 Å². The fourth-order valence-electron chi connectivity index (χ4n) is 2.10. The summed E-state index contributed by atoms with van der Waals surface area (Å²) in [7, 11) is 0. The van der Waals surface area contributed by atoms with Crippen LogP contribution in [-0.2, 0) is 6.54 Å². The molecule has 106 valence electrons. The Labute approximate surface area is 121 Å². The largest absolute Gasteiger partial charge is 0.383 e. The molecular formula is C15H14N4O2. The number of anilines is 1. The number of pyridine rings is 1. The number of hydrogen-bond donors (Lipinski definition) is 2.